The van der Waals surface area contributed by atoms with Gasteiger partial charge in [0.2, 0.25) is 0 Å². The number of benzene rings is 1. The first-order chi connectivity index (χ1) is 9.47. The molecule has 1 N–H and O–H groups in total. The van der Waals surface area contributed by atoms with Gasteiger partial charge in [-0.15, -0.1) is 0 Å². The molecule has 1 amide bonds. The van der Waals surface area contributed by atoms with Crippen molar-refractivity contribution in [1.82, 2.24) is 10.3 Å². The van der Waals surface area contributed by atoms with E-state index in [9.17, 15) is 13.6 Å². The van der Waals surface area contributed by atoms with E-state index >= 15 is 0 Å². The summed E-state index contributed by atoms with van der Waals surface area (Å²) in [6.07, 6.45) is 1.34. The average Bonchev–Trinajstić information content (AvgIpc) is 2.42. The Morgan fingerprint density at radius 2 is 2.00 bits per heavy atom. The lowest BCUT2D eigenvalue weighted by Gasteiger charge is -2.14. The molecule has 104 valence electrons. The summed E-state index contributed by atoms with van der Waals surface area (Å²) in [6.45, 7) is 1.67. The van der Waals surface area contributed by atoms with E-state index in [1.165, 1.54) is 24.4 Å². The number of pyridine rings is 1. The van der Waals surface area contributed by atoms with Crippen LogP contribution in [0.1, 0.15) is 28.9 Å². The second-order valence-corrected chi connectivity index (χ2v) is 4.63. The predicted molar refractivity (Wildman–Crippen MR) is 71.5 cm³/mol. The number of nitrogens with zero attached hydrogens (tertiary/aromatic N) is 1. The molecule has 6 heteroatoms. The van der Waals surface area contributed by atoms with Gasteiger partial charge < -0.3 is 5.32 Å². The van der Waals surface area contributed by atoms with E-state index < -0.39 is 17.7 Å². The summed E-state index contributed by atoms with van der Waals surface area (Å²) >= 11 is 5.63. The van der Waals surface area contributed by atoms with E-state index in [2.05, 4.69) is 10.3 Å². The third-order valence-corrected chi connectivity index (χ3v) is 3.00. The first kappa shape index (κ1) is 14.4. The van der Waals surface area contributed by atoms with Crippen LogP contribution >= 0.6 is 11.6 Å². The van der Waals surface area contributed by atoms with Gasteiger partial charge in [0, 0.05) is 6.20 Å². The Balaban J connectivity index is 2.10. The predicted octanol–water partition coefficient (Wildman–Crippen LogP) is 3.50. The largest absolute Gasteiger partial charge is 0.345 e. The molecule has 0 aliphatic heterocycles. The number of carbonyl (C=O) groups excluding carboxylic acids is 1. The third kappa shape index (κ3) is 3.30. The van der Waals surface area contributed by atoms with Crippen molar-refractivity contribution in [3.05, 3.63) is 64.4 Å². The molecule has 20 heavy (non-hydrogen) atoms. The van der Waals surface area contributed by atoms with Gasteiger partial charge in [-0.1, -0.05) is 17.7 Å². The maximum atomic E-state index is 13.1. The van der Waals surface area contributed by atoms with Crippen LogP contribution in [0.25, 0.3) is 0 Å². The maximum Gasteiger partial charge on any atom is 0.253 e. The first-order valence-electron chi connectivity index (χ1n) is 5.84. The molecule has 0 aliphatic rings. The number of carbonyl (C=O) groups is 1. The van der Waals surface area contributed by atoms with Gasteiger partial charge in [-0.3, -0.25) is 4.79 Å². The zero-order valence-corrected chi connectivity index (χ0v) is 11.3. The van der Waals surface area contributed by atoms with Crippen molar-refractivity contribution in [3.63, 3.8) is 0 Å². The van der Waals surface area contributed by atoms with Crippen molar-refractivity contribution in [2.24, 2.45) is 0 Å². The zero-order valence-electron chi connectivity index (χ0n) is 10.5. The molecule has 0 spiro atoms. The molecule has 0 saturated carbocycles. The normalized spacial score (nSPS) is 12.0. The number of nitrogens with one attached hydrogen (secondary N) is 1. The summed E-state index contributed by atoms with van der Waals surface area (Å²) in [4.78, 5) is 15.7. The Hall–Kier alpha value is -2.01. The average molecular weight is 297 g/mol. The van der Waals surface area contributed by atoms with Crippen LogP contribution in [-0.2, 0) is 0 Å². The van der Waals surface area contributed by atoms with Crippen LogP contribution in [-0.4, -0.2) is 10.9 Å². The number of rotatable bonds is 3. The lowest BCUT2D eigenvalue weighted by molar-refractivity contribution is 0.0939. The van der Waals surface area contributed by atoms with Crippen LogP contribution in [0.3, 0.4) is 0 Å². The van der Waals surface area contributed by atoms with E-state index in [1.54, 1.807) is 6.92 Å². The molecule has 0 bridgehead atoms. The first-order valence-corrected chi connectivity index (χ1v) is 6.22. The second kappa shape index (κ2) is 5.96. The number of aromatic nitrogens is 1. The van der Waals surface area contributed by atoms with Crippen molar-refractivity contribution < 1.29 is 13.6 Å². The van der Waals surface area contributed by atoms with Gasteiger partial charge in [-0.2, -0.15) is 0 Å². The molecule has 2 aromatic rings. The smallest absolute Gasteiger partial charge is 0.253 e. The lowest BCUT2D eigenvalue weighted by atomic mass is 10.1. The molecule has 0 fully saturated rings. The maximum absolute atomic E-state index is 13.1. The fourth-order valence-corrected chi connectivity index (χ4v) is 1.77. The summed E-state index contributed by atoms with van der Waals surface area (Å²) in [6, 6.07) is 6.07. The number of hydrogen-bond donors (Lipinski definition) is 1. The van der Waals surface area contributed by atoms with E-state index in [1.807, 2.05) is 0 Å². The monoisotopic (exact) mass is 296 g/mol. The quantitative estimate of drug-likeness (QED) is 0.881. The van der Waals surface area contributed by atoms with Crippen LogP contribution in [0, 0.1) is 11.6 Å². The molecule has 1 heterocycles. The van der Waals surface area contributed by atoms with Crippen molar-refractivity contribution >= 4 is 17.5 Å². The van der Waals surface area contributed by atoms with Crippen LogP contribution < -0.4 is 5.32 Å². The summed E-state index contributed by atoms with van der Waals surface area (Å²) in [5, 5.41) is 2.95. The molecule has 1 aromatic carbocycles. The van der Waals surface area contributed by atoms with Crippen LogP contribution in [0.4, 0.5) is 8.78 Å². The molecule has 1 unspecified atom stereocenters. The third-order valence-electron chi connectivity index (χ3n) is 2.78. The molecule has 0 saturated heterocycles. The van der Waals surface area contributed by atoms with Gasteiger partial charge >= 0.3 is 0 Å². The summed E-state index contributed by atoms with van der Waals surface area (Å²) in [5.41, 5.74) is 0.808. The number of amides is 1. The molecule has 1 aromatic heterocycles. The van der Waals surface area contributed by atoms with E-state index in [0.29, 0.717) is 11.1 Å². The minimum atomic E-state index is -0.947. The van der Waals surface area contributed by atoms with Crippen molar-refractivity contribution in [3.8, 4) is 0 Å². The van der Waals surface area contributed by atoms with Crippen LogP contribution in [0.2, 0.25) is 5.15 Å². The van der Waals surface area contributed by atoms with E-state index in [4.69, 9.17) is 11.6 Å². The van der Waals surface area contributed by atoms with Gasteiger partial charge in [-0.25, -0.2) is 13.8 Å². The summed E-state index contributed by atoms with van der Waals surface area (Å²) in [5.74, 6) is -2.24. The minimum absolute atomic E-state index is 0.287. The van der Waals surface area contributed by atoms with Gasteiger partial charge in [-0.05, 0) is 36.8 Å². The molecular weight excluding hydrogens is 286 g/mol. The van der Waals surface area contributed by atoms with E-state index in [0.717, 1.165) is 12.1 Å². The minimum Gasteiger partial charge on any atom is -0.345 e. The standard InChI is InChI=1S/C14H11ClF2N2O/c1-8(9-2-4-11(16)12(17)6-9)19-14(20)10-3-5-13(15)18-7-10/h2-8H,1H3,(H,19,20). The zero-order chi connectivity index (χ0) is 14.7. The Morgan fingerprint density at radius 1 is 1.25 bits per heavy atom. The highest BCUT2D eigenvalue weighted by molar-refractivity contribution is 6.29. The molecule has 0 radical (unpaired) electrons. The van der Waals surface area contributed by atoms with Crippen molar-refractivity contribution in [2.45, 2.75) is 13.0 Å². The molecule has 0 aliphatic carbocycles. The Morgan fingerprint density at radius 3 is 2.60 bits per heavy atom. The molecular formula is C14H11ClF2N2O. The topological polar surface area (TPSA) is 42.0 Å². The Bertz CT molecular complexity index is 632. The molecule has 2 rings (SSSR count). The summed E-state index contributed by atoms with van der Waals surface area (Å²) < 4.78 is 26.0. The van der Waals surface area contributed by atoms with Gasteiger partial charge in [0.25, 0.3) is 5.91 Å². The SMILES string of the molecule is CC(NC(=O)c1ccc(Cl)nc1)c1ccc(F)c(F)c1. The Kier molecular flexibility index (Phi) is 4.29. The highest BCUT2D eigenvalue weighted by Crippen LogP contribution is 2.16. The van der Waals surface area contributed by atoms with Crippen molar-refractivity contribution in [1.29, 1.82) is 0 Å². The van der Waals surface area contributed by atoms with Gasteiger partial charge in [0.15, 0.2) is 11.6 Å². The van der Waals surface area contributed by atoms with Gasteiger partial charge in [0.05, 0.1) is 11.6 Å². The van der Waals surface area contributed by atoms with Crippen LogP contribution in [0.5, 0.6) is 0 Å². The van der Waals surface area contributed by atoms with Gasteiger partial charge in [0.1, 0.15) is 5.15 Å². The Labute approximate surface area is 119 Å². The van der Waals surface area contributed by atoms with Crippen molar-refractivity contribution in [2.75, 3.05) is 0 Å². The lowest BCUT2D eigenvalue weighted by Crippen LogP contribution is -2.26. The highest BCUT2D eigenvalue weighted by atomic mass is 35.5. The van der Waals surface area contributed by atoms with Crippen LogP contribution in [0.15, 0.2) is 36.5 Å². The number of halogens is 3. The molecule has 3 nitrogen and oxygen atoms in total. The fraction of sp³-hybridized carbons (Fsp3) is 0.143. The highest BCUT2D eigenvalue weighted by Gasteiger charge is 2.13. The fourth-order valence-electron chi connectivity index (χ4n) is 1.66. The number of hydrogen-bond acceptors (Lipinski definition) is 2. The van der Waals surface area contributed by atoms with E-state index in [-0.39, 0.29) is 11.1 Å². The summed E-state index contributed by atoms with van der Waals surface area (Å²) in [7, 11) is 0. The molecule has 1 atom stereocenters. The second-order valence-electron chi connectivity index (χ2n) is 4.24.